The Hall–Kier alpha value is -2.50. The quantitative estimate of drug-likeness (QED) is 0.525. The number of carbonyl (C=O) groups is 2. The number of piperazine rings is 1. The van der Waals surface area contributed by atoms with Crippen LogP contribution in [0.15, 0.2) is 46.9 Å². The highest BCUT2D eigenvalue weighted by molar-refractivity contribution is 9.10. The van der Waals surface area contributed by atoms with Gasteiger partial charge in [-0.3, -0.25) is 19.2 Å². The van der Waals surface area contributed by atoms with Crippen LogP contribution in [0.3, 0.4) is 0 Å². The predicted octanol–water partition coefficient (Wildman–Crippen LogP) is 2.71. The van der Waals surface area contributed by atoms with Gasteiger partial charge in [0.15, 0.2) is 6.61 Å². The van der Waals surface area contributed by atoms with Crippen LogP contribution in [0.25, 0.3) is 0 Å². The zero-order valence-corrected chi connectivity index (χ0v) is 22.2. The van der Waals surface area contributed by atoms with E-state index < -0.39 is 15.9 Å². The molecule has 0 spiro atoms. The van der Waals surface area contributed by atoms with E-state index in [0.717, 1.165) is 11.8 Å². The van der Waals surface area contributed by atoms with E-state index in [9.17, 15) is 22.4 Å². The molecule has 8 nitrogen and oxygen atoms in total. The molecule has 1 heterocycles. The van der Waals surface area contributed by atoms with E-state index in [1.807, 2.05) is 18.6 Å². The number of hydrogen-bond donors (Lipinski definition) is 1. The molecule has 1 aliphatic heterocycles. The summed E-state index contributed by atoms with van der Waals surface area (Å²) in [6.45, 7) is 5.67. The van der Waals surface area contributed by atoms with E-state index in [1.165, 1.54) is 12.1 Å². The van der Waals surface area contributed by atoms with Gasteiger partial charge in [-0.1, -0.05) is 28.1 Å². The van der Waals surface area contributed by atoms with Crippen LogP contribution in [0.4, 0.5) is 4.39 Å². The molecule has 0 unspecified atom stereocenters. The molecular formula is C24H29BrFN3O5S. The van der Waals surface area contributed by atoms with Crippen molar-refractivity contribution in [3.05, 3.63) is 63.9 Å². The van der Waals surface area contributed by atoms with Gasteiger partial charge in [-0.05, 0) is 49.7 Å². The van der Waals surface area contributed by atoms with Crippen molar-refractivity contribution in [3.8, 4) is 5.75 Å². The third kappa shape index (κ3) is 8.01. The Bertz CT molecular complexity index is 1180. The van der Waals surface area contributed by atoms with E-state index in [4.69, 9.17) is 4.74 Å². The van der Waals surface area contributed by atoms with Gasteiger partial charge in [-0.25, -0.2) is 12.8 Å². The van der Waals surface area contributed by atoms with Crippen LogP contribution >= 0.6 is 15.9 Å². The largest absolute Gasteiger partial charge is 0.483 e. The molecule has 1 saturated heterocycles. The van der Waals surface area contributed by atoms with Crippen molar-refractivity contribution >= 4 is 37.8 Å². The number of amides is 2. The van der Waals surface area contributed by atoms with Gasteiger partial charge < -0.3 is 9.64 Å². The maximum atomic E-state index is 13.2. The second kappa shape index (κ2) is 11.5. The molecule has 0 saturated carbocycles. The number of hydrogen-bond acceptors (Lipinski definition) is 6. The Morgan fingerprint density at radius 1 is 1.11 bits per heavy atom. The number of nitrogens with one attached hydrogen (secondary N) is 1. The van der Waals surface area contributed by atoms with Crippen molar-refractivity contribution in [2.24, 2.45) is 0 Å². The predicted molar refractivity (Wildman–Crippen MR) is 134 cm³/mol. The fraction of sp³-hybridized carbons (Fsp3) is 0.417. The first-order chi connectivity index (χ1) is 16.4. The molecule has 1 N–H and O–H groups in total. The fourth-order valence-corrected chi connectivity index (χ4v) is 4.95. The van der Waals surface area contributed by atoms with E-state index in [1.54, 1.807) is 35.2 Å². The lowest BCUT2D eigenvalue weighted by Gasteiger charge is -2.44. The van der Waals surface area contributed by atoms with Gasteiger partial charge in [-0.2, -0.15) is 0 Å². The van der Waals surface area contributed by atoms with E-state index in [2.05, 4.69) is 20.8 Å². The number of benzene rings is 2. The maximum absolute atomic E-state index is 13.2. The average molecular weight is 570 g/mol. The molecule has 0 bridgehead atoms. The minimum atomic E-state index is -3.68. The van der Waals surface area contributed by atoms with Crippen molar-refractivity contribution in [2.45, 2.75) is 38.9 Å². The summed E-state index contributed by atoms with van der Waals surface area (Å²) in [6.07, 6.45) is 0.689. The Kier molecular flexibility index (Phi) is 8.89. The summed E-state index contributed by atoms with van der Waals surface area (Å²) in [5.41, 5.74) is 1.47. The van der Waals surface area contributed by atoms with Crippen molar-refractivity contribution in [1.29, 1.82) is 0 Å². The number of sulfonamides is 1. The van der Waals surface area contributed by atoms with Gasteiger partial charge in [0.1, 0.15) is 11.6 Å². The number of carbonyl (C=O) groups excluding carboxylic acids is 2. The van der Waals surface area contributed by atoms with E-state index >= 15 is 0 Å². The first-order valence-electron chi connectivity index (χ1n) is 11.1. The molecule has 2 amide bonds. The van der Waals surface area contributed by atoms with Crippen LogP contribution < -0.4 is 9.46 Å². The Labute approximate surface area is 213 Å². The minimum Gasteiger partial charge on any atom is -0.483 e. The molecule has 0 aliphatic carbocycles. The molecule has 3 rings (SSSR count). The highest BCUT2D eigenvalue weighted by Gasteiger charge is 2.32. The first-order valence-corrected chi connectivity index (χ1v) is 13.8. The second-order valence-electron chi connectivity index (χ2n) is 8.81. The summed E-state index contributed by atoms with van der Waals surface area (Å²) in [5.74, 6) is -0.807. The van der Waals surface area contributed by atoms with Gasteiger partial charge in [0.2, 0.25) is 15.9 Å². The number of ether oxygens (including phenoxy) is 1. The third-order valence-corrected chi connectivity index (χ3v) is 6.85. The molecule has 2 aromatic carbocycles. The molecule has 0 aromatic heterocycles. The maximum Gasteiger partial charge on any atom is 0.260 e. The third-order valence-electron chi connectivity index (χ3n) is 5.76. The van der Waals surface area contributed by atoms with Crippen molar-refractivity contribution in [1.82, 2.24) is 14.5 Å². The van der Waals surface area contributed by atoms with Crippen LogP contribution in [0, 0.1) is 5.82 Å². The Morgan fingerprint density at radius 3 is 2.46 bits per heavy atom. The van der Waals surface area contributed by atoms with Gasteiger partial charge in [0, 0.05) is 41.8 Å². The number of nitrogens with zero attached hydrogens (tertiary/aromatic N) is 2. The Balaban J connectivity index is 1.60. The summed E-state index contributed by atoms with van der Waals surface area (Å²) >= 11 is 3.33. The van der Waals surface area contributed by atoms with Crippen LogP contribution in [0.2, 0.25) is 0 Å². The van der Waals surface area contributed by atoms with Crippen LogP contribution in [0.1, 0.15) is 25.0 Å². The summed E-state index contributed by atoms with van der Waals surface area (Å²) in [6, 6.07) is 11.5. The second-order valence-corrected chi connectivity index (χ2v) is 11.5. The summed E-state index contributed by atoms with van der Waals surface area (Å²) in [5, 5.41) is 0. The molecule has 1 aliphatic rings. The Morgan fingerprint density at radius 2 is 1.80 bits per heavy atom. The first kappa shape index (κ1) is 27.1. The van der Waals surface area contributed by atoms with Gasteiger partial charge in [-0.15, -0.1) is 0 Å². The van der Waals surface area contributed by atoms with E-state index in [0.29, 0.717) is 35.4 Å². The topological polar surface area (TPSA) is 96.0 Å². The molecule has 2 atom stereocenters. The van der Waals surface area contributed by atoms with Crippen molar-refractivity contribution < 1.29 is 27.1 Å². The van der Waals surface area contributed by atoms with Crippen molar-refractivity contribution in [3.63, 3.8) is 0 Å². The molecule has 11 heteroatoms. The normalized spacial score (nSPS) is 18.8. The minimum absolute atomic E-state index is 0.0484. The average Bonchev–Trinajstić information content (AvgIpc) is 2.75. The number of halogens is 2. The molecule has 1 fully saturated rings. The molecule has 2 aromatic rings. The zero-order valence-electron chi connectivity index (χ0n) is 19.8. The fourth-order valence-electron chi connectivity index (χ4n) is 4.06. The van der Waals surface area contributed by atoms with Crippen LogP contribution in [0.5, 0.6) is 5.75 Å². The smallest absolute Gasteiger partial charge is 0.260 e. The summed E-state index contributed by atoms with van der Waals surface area (Å²) in [7, 11) is -3.68. The molecule has 35 heavy (non-hydrogen) atoms. The van der Waals surface area contributed by atoms with Crippen LogP contribution in [-0.4, -0.2) is 68.1 Å². The van der Waals surface area contributed by atoms with Crippen molar-refractivity contribution in [2.75, 3.05) is 26.0 Å². The van der Waals surface area contributed by atoms with Crippen LogP contribution in [-0.2, 0) is 32.6 Å². The lowest BCUT2D eigenvalue weighted by atomic mass is 10.1. The van der Waals surface area contributed by atoms with Gasteiger partial charge in [0.05, 0.1) is 12.7 Å². The van der Waals surface area contributed by atoms with Gasteiger partial charge in [0.25, 0.3) is 5.91 Å². The summed E-state index contributed by atoms with van der Waals surface area (Å²) < 4.78 is 44.2. The molecule has 190 valence electrons. The SMILES string of the molecule is C[C@@H]1CN(Cc2ccc(F)cc2)[C@@H](C)CN1C(=O)COc1ccc(Br)cc1CC(=O)NS(C)(=O)=O. The standard InChI is InChI=1S/C24H29BrFN3O5S/c1-16-13-29(17(2)12-28(16)14-18-4-7-21(26)8-5-18)24(31)15-34-22-9-6-20(25)10-19(22)11-23(30)27-35(3,32)33/h4-10,16-17H,11-15H2,1-3H3,(H,27,30)/t16-,17+/m0/s1. The summed E-state index contributed by atoms with van der Waals surface area (Å²) in [4.78, 5) is 29.1. The lowest BCUT2D eigenvalue weighted by Crippen LogP contribution is -2.58. The monoisotopic (exact) mass is 569 g/mol. The van der Waals surface area contributed by atoms with Gasteiger partial charge >= 0.3 is 0 Å². The molecular weight excluding hydrogens is 541 g/mol. The highest BCUT2D eigenvalue weighted by atomic mass is 79.9. The lowest BCUT2D eigenvalue weighted by molar-refractivity contribution is -0.139. The van der Waals surface area contributed by atoms with E-state index in [-0.39, 0.29) is 36.8 Å². The zero-order chi connectivity index (χ0) is 25.8. The molecule has 0 radical (unpaired) electrons. The number of rotatable bonds is 8. The highest BCUT2D eigenvalue weighted by Crippen LogP contribution is 2.25.